The van der Waals surface area contributed by atoms with E-state index in [0.717, 1.165) is 12.1 Å². The van der Waals surface area contributed by atoms with Crippen molar-refractivity contribution in [1.82, 2.24) is 10.3 Å². The Morgan fingerprint density at radius 2 is 1.91 bits per heavy atom. The van der Waals surface area contributed by atoms with E-state index >= 15 is 0 Å². The van der Waals surface area contributed by atoms with Gasteiger partial charge in [-0.3, -0.25) is 9.78 Å². The molecule has 3 nitrogen and oxygen atoms in total. The van der Waals surface area contributed by atoms with Gasteiger partial charge in [0, 0.05) is 24.9 Å². The second kappa shape index (κ2) is 7.91. The molecule has 1 saturated carbocycles. The van der Waals surface area contributed by atoms with E-state index in [-0.39, 0.29) is 5.91 Å². The van der Waals surface area contributed by atoms with Crippen LogP contribution in [0.25, 0.3) is 0 Å². The first kappa shape index (κ1) is 15.7. The molecule has 1 aliphatic rings. The quantitative estimate of drug-likeness (QED) is 0.884. The van der Waals surface area contributed by atoms with Crippen LogP contribution in [0.15, 0.2) is 54.9 Å². The summed E-state index contributed by atoms with van der Waals surface area (Å²) in [5.74, 6) is 1.20. The molecule has 0 radical (unpaired) electrons. The maximum Gasteiger partial charge on any atom is 0.224 e. The molecule has 1 atom stereocenters. The molecule has 0 bridgehead atoms. The van der Waals surface area contributed by atoms with Gasteiger partial charge in [-0.1, -0.05) is 49.2 Å². The smallest absolute Gasteiger partial charge is 0.224 e. The predicted molar refractivity (Wildman–Crippen MR) is 92.1 cm³/mol. The lowest BCUT2D eigenvalue weighted by atomic mass is 9.85. The fourth-order valence-corrected chi connectivity index (χ4v) is 3.59. The van der Waals surface area contributed by atoms with E-state index < -0.39 is 0 Å². The molecule has 1 heterocycles. The van der Waals surface area contributed by atoms with Crippen molar-refractivity contribution < 1.29 is 4.79 Å². The average molecular weight is 308 g/mol. The molecule has 0 spiro atoms. The fraction of sp³-hybridized carbons (Fsp3) is 0.400. The van der Waals surface area contributed by atoms with Gasteiger partial charge < -0.3 is 5.32 Å². The summed E-state index contributed by atoms with van der Waals surface area (Å²) in [6.07, 6.45) is 9.07. The maximum absolute atomic E-state index is 12.2. The summed E-state index contributed by atoms with van der Waals surface area (Å²) >= 11 is 0. The van der Waals surface area contributed by atoms with Crippen LogP contribution in [0.4, 0.5) is 0 Å². The number of carbonyl (C=O) groups is 1. The number of rotatable bonds is 6. The number of hydrogen-bond donors (Lipinski definition) is 1. The van der Waals surface area contributed by atoms with Crippen LogP contribution in [0.5, 0.6) is 0 Å². The van der Waals surface area contributed by atoms with Gasteiger partial charge in [-0.25, -0.2) is 0 Å². The molecular weight excluding hydrogens is 284 g/mol. The number of nitrogens with one attached hydrogen (secondary N) is 1. The summed E-state index contributed by atoms with van der Waals surface area (Å²) in [4.78, 5) is 16.3. The Bertz CT molecular complexity index is 606. The highest BCUT2D eigenvalue weighted by Crippen LogP contribution is 2.36. The molecule has 0 saturated heterocycles. The van der Waals surface area contributed by atoms with Crippen LogP contribution in [-0.4, -0.2) is 17.4 Å². The van der Waals surface area contributed by atoms with Gasteiger partial charge in [-0.15, -0.1) is 0 Å². The number of aromatic nitrogens is 1. The number of carbonyl (C=O) groups excluding carboxylic acids is 1. The van der Waals surface area contributed by atoms with Crippen molar-refractivity contribution in [2.75, 3.05) is 6.54 Å². The zero-order valence-electron chi connectivity index (χ0n) is 13.4. The van der Waals surface area contributed by atoms with Gasteiger partial charge in [0.25, 0.3) is 0 Å². The Balaban J connectivity index is 1.61. The molecule has 0 aliphatic heterocycles. The third kappa shape index (κ3) is 4.41. The number of hydrogen-bond acceptors (Lipinski definition) is 2. The van der Waals surface area contributed by atoms with Crippen LogP contribution in [0, 0.1) is 5.92 Å². The van der Waals surface area contributed by atoms with Crippen molar-refractivity contribution in [2.24, 2.45) is 5.92 Å². The van der Waals surface area contributed by atoms with Gasteiger partial charge in [0.1, 0.15) is 0 Å². The normalized spacial score (nSPS) is 16.2. The highest BCUT2D eigenvalue weighted by atomic mass is 16.1. The largest absolute Gasteiger partial charge is 0.355 e. The van der Waals surface area contributed by atoms with Crippen molar-refractivity contribution in [2.45, 2.75) is 38.0 Å². The topological polar surface area (TPSA) is 42.0 Å². The lowest BCUT2D eigenvalue weighted by Gasteiger charge is -2.24. The molecule has 3 rings (SSSR count). The zero-order valence-corrected chi connectivity index (χ0v) is 13.4. The standard InChI is InChI=1S/C20H24N2O/c23-20(13-16-7-6-12-21-14-16)22-15-19(18-10-4-5-11-18)17-8-2-1-3-9-17/h1-3,6-9,12,14,18-19H,4-5,10-11,13,15H2,(H,22,23)/t19-/m1/s1. The van der Waals surface area contributed by atoms with E-state index in [1.807, 2.05) is 12.1 Å². The molecule has 1 amide bonds. The summed E-state index contributed by atoms with van der Waals surface area (Å²) in [6, 6.07) is 14.4. The summed E-state index contributed by atoms with van der Waals surface area (Å²) in [7, 11) is 0. The van der Waals surface area contributed by atoms with E-state index in [4.69, 9.17) is 0 Å². The first-order chi connectivity index (χ1) is 11.3. The molecule has 23 heavy (non-hydrogen) atoms. The third-order valence-electron chi connectivity index (χ3n) is 4.80. The number of nitrogens with zero attached hydrogens (tertiary/aromatic N) is 1. The van der Waals surface area contributed by atoms with Gasteiger partial charge >= 0.3 is 0 Å². The van der Waals surface area contributed by atoms with Gasteiger partial charge in [-0.05, 0) is 36.0 Å². The average Bonchev–Trinajstić information content (AvgIpc) is 3.11. The van der Waals surface area contributed by atoms with Crippen molar-refractivity contribution in [1.29, 1.82) is 0 Å². The monoisotopic (exact) mass is 308 g/mol. The first-order valence-electron chi connectivity index (χ1n) is 8.53. The van der Waals surface area contributed by atoms with Crippen LogP contribution in [0.2, 0.25) is 0 Å². The molecule has 1 N–H and O–H groups in total. The highest BCUT2D eigenvalue weighted by molar-refractivity contribution is 5.78. The van der Waals surface area contributed by atoms with Gasteiger partial charge in [0.15, 0.2) is 0 Å². The van der Waals surface area contributed by atoms with Crippen LogP contribution in [0.1, 0.15) is 42.7 Å². The molecule has 1 fully saturated rings. The molecule has 120 valence electrons. The van der Waals surface area contributed by atoms with Gasteiger partial charge in [0.2, 0.25) is 5.91 Å². The molecule has 1 aliphatic carbocycles. The van der Waals surface area contributed by atoms with E-state index in [1.54, 1.807) is 12.4 Å². The van der Waals surface area contributed by atoms with Crippen LogP contribution >= 0.6 is 0 Å². The van der Waals surface area contributed by atoms with Crippen LogP contribution in [-0.2, 0) is 11.2 Å². The molecule has 1 aromatic heterocycles. The van der Waals surface area contributed by atoms with E-state index in [0.29, 0.717) is 18.3 Å². The Kier molecular flexibility index (Phi) is 5.41. The zero-order chi connectivity index (χ0) is 15.9. The lowest BCUT2D eigenvalue weighted by Crippen LogP contribution is -2.32. The first-order valence-corrected chi connectivity index (χ1v) is 8.53. The summed E-state index contributed by atoms with van der Waals surface area (Å²) in [5, 5.41) is 3.14. The Labute approximate surface area is 138 Å². The molecule has 0 unspecified atom stereocenters. The van der Waals surface area contributed by atoms with Crippen molar-refractivity contribution in [3.8, 4) is 0 Å². The minimum atomic E-state index is 0.0805. The number of benzene rings is 1. The van der Waals surface area contributed by atoms with Crippen molar-refractivity contribution in [3.05, 3.63) is 66.0 Å². The summed E-state index contributed by atoms with van der Waals surface area (Å²) < 4.78 is 0. The molecule has 2 aromatic rings. The van der Waals surface area contributed by atoms with E-state index in [9.17, 15) is 4.79 Å². The third-order valence-corrected chi connectivity index (χ3v) is 4.80. The minimum absolute atomic E-state index is 0.0805. The molecule has 1 aromatic carbocycles. The summed E-state index contributed by atoms with van der Waals surface area (Å²) in [5.41, 5.74) is 2.31. The second-order valence-corrected chi connectivity index (χ2v) is 6.40. The van der Waals surface area contributed by atoms with Crippen LogP contribution < -0.4 is 5.32 Å². The lowest BCUT2D eigenvalue weighted by molar-refractivity contribution is -0.120. The minimum Gasteiger partial charge on any atom is -0.355 e. The fourth-order valence-electron chi connectivity index (χ4n) is 3.59. The Morgan fingerprint density at radius 1 is 1.13 bits per heavy atom. The van der Waals surface area contributed by atoms with Gasteiger partial charge in [-0.2, -0.15) is 0 Å². The molecular formula is C20H24N2O. The SMILES string of the molecule is O=C(Cc1cccnc1)NC[C@H](c1ccccc1)C1CCCC1. The highest BCUT2D eigenvalue weighted by Gasteiger charge is 2.26. The molecule has 3 heteroatoms. The number of amides is 1. The predicted octanol–water partition coefficient (Wildman–Crippen LogP) is 3.71. The Hall–Kier alpha value is -2.16. The second-order valence-electron chi connectivity index (χ2n) is 6.40. The van der Waals surface area contributed by atoms with Crippen molar-refractivity contribution in [3.63, 3.8) is 0 Å². The Morgan fingerprint density at radius 3 is 2.61 bits per heavy atom. The van der Waals surface area contributed by atoms with E-state index in [2.05, 4.69) is 40.6 Å². The van der Waals surface area contributed by atoms with Crippen molar-refractivity contribution >= 4 is 5.91 Å². The van der Waals surface area contributed by atoms with E-state index in [1.165, 1.54) is 31.2 Å². The van der Waals surface area contributed by atoms with Crippen LogP contribution in [0.3, 0.4) is 0 Å². The maximum atomic E-state index is 12.2. The van der Waals surface area contributed by atoms with Gasteiger partial charge in [0.05, 0.1) is 6.42 Å². The number of pyridine rings is 1. The summed E-state index contributed by atoms with van der Waals surface area (Å²) in [6.45, 7) is 0.730.